The average Bonchev–Trinajstić information content (AvgIpc) is 3.42. The highest BCUT2D eigenvalue weighted by Gasteiger charge is 2.58. The molecule has 0 unspecified atom stereocenters. The second-order valence-electron chi connectivity index (χ2n) is 10.6. The van der Waals surface area contributed by atoms with Crippen molar-refractivity contribution in [3.63, 3.8) is 0 Å². The average molecular weight is 685 g/mol. The standard InChI is InChI=1S/C25H32N8O11S2/c1-25(2)19(21(35)33(25)44-46(39,40)41)31-20(34)18(16-12-45-23(26)30-16)32-43-17(22(36)37)11-42-15-5-3-13(4-6-15)28-24(38)29-14-7-9-27-10-8-14/h3-6,12,14,17,19,27H,7-11H2,1-2H3,(H2,26,30)(H,31,34)(H,36,37)(H2,28,29,38)(H,39,40,41)/b32-18-/t17-,19+/m0/s1. The number of carboxylic acids is 1. The molecule has 2 fully saturated rings. The zero-order valence-electron chi connectivity index (χ0n) is 24.5. The van der Waals surface area contributed by atoms with Crippen molar-refractivity contribution in [1.82, 2.24) is 26.0 Å². The van der Waals surface area contributed by atoms with Crippen LogP contribution in [0.25, 0.3) is 0 Å². The third-order valence-electron chi connectivity index (χ3n) is 6.84. The molecule has 2 aliphatic heterocycles. The van der Waals surface area contributed by atoms with Crippen molar-refractivity contribution in [2.75, 3.05) is 30.7 Å². The fraction of sp³-hybridized carbons (Fsp3) is 0.440. The van der Waals surface area contributed by atoms with Crippen molar-refractivity contribution in [1.29, 1.82) is 0 Å². The van der Waals surface area contributed by atoms with E-state index in [4.69, 9.17) is 19.9 Å². The van der Waals surface area contributed by atoms with Crippen molar-refractivity contribution in [2.45, 2.75) is 50.4 Å². The van der Waals surface area contributed by atoms with Crippen molar-refractivity contribution in [3.8, 4) is 5.75 Å². The maximum absolute atomic E-state index is 13.2. The van der Waals surface area contributed by atoms with Crippen molar-refractivity contribution in [2.24, 2.45) is 5.16 Å². The Hall–Kier alpha value is -4.57. The van der Waals surface area contributed by atoms with E-state index in [1.54, 1.807) is 12.1 Å². The maximum Gasteiger partial charge on any atom is 0.418 e. The van der Waals surface area contributed by atoms with E-state index >= 15 is 0 Å². The van der Waals surface area contributed by atoms with E-state index in [0.717, 1.165) is 37.3 Å². The Bertz CT molecular complexity index is 1590. The number of nitrogens with two attached hydrogens (primary N) is 1. The zero-order valence-corrected chi connectivity index (χ0v) is 26.1. The number of hydroxylamine groups is 2. The summed E-state index contributed by atoms with van der Waals surface area (Å²) < 4.78 is 40.9. The van der Waals surface area contributed by atoms with Gasteiger partial charge in [0.25, 0.3) is 17.9 Å². The predicted octanol–water partition coefficient (Wildman–Crippen LogP) is -0.308. The number of aliphatic carboxylic acids is 1. The number of amides is 4. The highest BCUT2D eigenvalue weighted by Crippen LogP contribution is 2.33. The molecule has 0 bridgehead atoms. The summed E-state index contributed by atoms with van der Waals surface area (Å²) in [5.41, 5.74) is 4.07. The summed E-state index contributed by atoms with van der Waals surface area (Å²) in [7, 11) is -5.02. The van der Waals surface area contributed by atoms with Gasteiger partial charge in [0.2, 0.25) is 0 Å². The van der Waals surface area contributed by atoms with Gasteiger partial charge in [0.05, 0.1) is 5.54 Å². The summed E-state index contributed by atoms with van der Waals surface area (Å²) in [5, 5.41) is 26.3. The number of thiazole rings is 1. The number of hydrogen-bond acceptors (Lipinski definition) is 14. The highest BCUT2D eigenvalue weighted by molar-refractivity contribution is 7.80. The zero-order chi connectivity index (χ0) is 33.6. The molecule has 0 saturated carbocycles. The predicted molar refractivity (Wildman–Crippen MR) is 161 cm³/mol. The number of β-lactam (4-membered cyclic amide) rings is 1. The molecule has 2 saturated heterocycles. The lowest BCUT2D eigenvalue weighted by atomic mass is 9.84. The summed E-state index contributed by atoms with van der Waals surface area (Å²) in [4.78, 5) is 58.9. The molecule has 2 aromatic rings. The number of ether oxygens (including phenoxy) is 1. The first-order valence-corrected chi connectivity index (χ1v) is 15.9. The van der Waals surface area contributed by atoms with Crippen molar-refractivity contribution >= 4 is 62.1 Å². The van der Waals surface area contributed by atoms with Crippen LogP contribution >= 0.6 is 11.3 Å². The number of anilines is 2. The molecule has 8 N–H and O–H groups in total. The molecule has 1 aromatic heterocycles. The Kier molecular flexibility index (Phi) is 10.6. The number of nitrogens with zero attached hydrogens (tertiary/aromatic N) is 3. The SMILES string of the molecule is CC1(C)[C@H](NC(=O)/C(=N\O[C@@H](COc2ccc(NC(=O)NC3CCNCC3)cc2)C(=O)O)c2csc(N)n2)C(=O)N1OS(=O)(=O)O. The topological polar surface area (TPSA) is 273 Å². The molecular formula is C25H32N8O11S2. The van der Waals surface area contributed by atoms with Crippen LogP contribution < -0.4 is 31.7 Å². The Balaban J connectivity index is 1.38. The number of nitrogens with one attached hydrogen (secondary N) is 4. The molecule has 4 rings (SSSR count). The van der Waals surface area contributed by atoms with E-state index in [9.17, 15) is 32.7 Å². The lowest BCUT2D eigenvalue weighted by Crippen LogP contribution is -2.76. The van der Waals surface area contributed by atoms with Gasteiger partial charge in [-0.25, -0.2) is 14.6 Å². The molecule has 1 aromatic carbocycles. The van der Waals surface area contributed by atoms with Crippen molar-refractivity contribution < 1.29 is 51.1 Å². The number of rotatable bonds is 13. The van der Waals surface area contributed by atoms with Gasteiger partial charge in [-0.1, -0.05) is 5.16 Å². The first-order valence-electron chi connectivity index (χ1n) is 13.6. The minimum atomic E-state index is -5.02. The molecule has 2 atom stereocenters. The number of nitrogen functional groups attached to an aromatic ring is 1. The Morgan fingerprint density at radius 2 is 1.89 bits per heavy atom. The van der Waals surface area contributed by atoms with Crippen LogP contribution in [-0.4, -0.2) is 101 Å². The molecule has 46 heavy (non-hydrogen) atoms. The minimum absolute atomic E-state index is 0.0445. The maximum atomic E-state index is 13.2. The Morgan fingerprint density at radius 1 is 1.22 bits per heavy atom. The molecule has 21 heteroatoms. The van der Waals surface area contributed by atoms with Gasteiger partial charge in [-0.05, 0) is 64.0 Å². The van der Waals surface area contributed by atoms with Crippen LogP contribution in [-0.2, 0) is 33.9 Å². The van der Waals surface area contributed by atoms with Crippen LogP contribution in [0.4, 0.5) is 15.6 Å². The van der Waals surface area contributed by atoms with E-state index in [1.165, 1.54) is 31.4 Å². The van der Waals surface area contributed by atoms with E-state index in [2.05, 4.69) is 35.7 Å². The summed E-state index contributed by atoms with van der Waals surface area (Å²) in [6, 6.07) is 4.52. The number of oxime groups is 1. The molecule has 0 aliphatic carbocycles. The largest absolute Gasteiger partial charge is 0.489 e. The monoisotopic (exact) mass is 684 g/mol. The van der Waals surface area contributed by atoms with Gasteiger partial charge in [-0.2, -0.15) is 13.5 Å². The fourth-order valence-corrected chi connectivity index (χ4v) is 5.41. The summed E-state index contributed by atoms with van der Waals surface area (Å²) >= 11 is 0.944. The number of urea groups is 1. The van der Waals surface area contributed by atoms with E-state index in [1.807, 2.05) is 0 Å². The smallest absolute Gasteiger partial charge is 0.418 e. The number of benzene rings is 1. The van der Waals surface area contributed by atoms with Crippen LogP contribution in [0.5, 0.6) is 5.75 Å². The van der Waals surface area contributed by atoms with Gasteiger partial charge in [0.1, 0.15) is 24.1 Å². The van der Waals surface area contributed by atoms with Gasteiger partial charge in [0.15, 0.2) is 10.8 Å². The van der Waals surface area contributed by atoms with Gasteiger partial charge in [-0.3, -0.25) is 14.1 Å². The third kappa shape index (κ3) is 8.78. The molecule has 19 nitrogen and oxygen atoms in total. The number of carbonyl (C=O) groups excluding carboxylic acids is 3. The first-order chi connectivity index (χ1) is 21.6. The number of piperidine rings is 1. The molecule has 2 aliphatic rings. The van der Waals surface area contributed by atoms with Gasteiger partial charge in [-0.15, -0.1) is 15.6 Å². The highest BCUT2D eigenvalue weighted by atomic mass is 32.3. The van der Waals surface area contributed by atoms with Crippen LogP contribution in [0.3, 0.4) is 0 Å². The van der Waals surface area contributed by atoms with Crippen LogP contribution in [0.2, 0.25) is 0 Å². The van der Waals surface area contributed by atoms with Gasteiger partial charge in [0, 0.05) is 17.1 Å². The van der Waals surface area contributed by atoms with E-state index in [0.29, 0.717) is 10.8 Å². The molecule has 0 spiro atoms. The second kappa shape index (κ2) is 14.2. The van der Waals surface area contributed by atoms with Crippen LogP contribution in [0, 0.1) is 0 Å². The van der Waals surface area contributed by atoms with Crippen LogP contribution in [0.15, 0.2) is 34.8 Å². The third-order valence-corrected chi connectivity index (χ3v) is 7.85. The van der Waals surface area contributed by atoms with E-state index < -0.39 is 58.2 Å². The van der Waals surface area contributed by atoms with Crippen molar-refractivity contribution in [3.05, 3.63) is 35.3 Å². The molecule has 0 radical (unpaired) electrons. The molecule has 250 valence electrons. The number of aromatic nitrogens is 1. The molecular weight excluding hydrogens is 652 g/mol. The minimum Gasteiger partial charge on any atom is -0.489 e. The Morgan fingerprint density at radius 3 is 2.46 bits per heavy atom. The van der Waals surface area contributed by atoms with E-state index in [-0.39, 0.29) is 28.6 Å². The number of carboxylic acid groups (broad SMARTS) is 1. The lowest BCUT2D eigenvalue weighted by molar-refractivity contribution is -0.218. The van der Waals surface area contributed by atoms with Gasteiger partial charge >= 0.3 is 22.4 Å². The fourth-order valence-electron chi connectivity index (χ4n) is 4.41. The lowest BCUT2D eigenvalue weighted by Gasteiger charge is -2.50. The molecule has 3 heterocycles. The summed E-state index contributed by atoms with van der Waals surface area (Å²) in [6.07, 6.45) is -0.0617. The summed E-state index contributed by atoms with van der Waals surface area (Å²) in [6.45, 7) is 3.81. The van der Waals surface area contributed by atoms with Crippen LogP contribution in [0.1, 0.15) is 32.4 Å². The second-order valence-corrected chi connectivity index (χ2v) is 12.5. The quantitative estimate of drug-likeness (QED) is 0.0617. The first kappa shape index (κ1) is 34.3. The normalized spacial score (nSPS) is 19.0. The van der Waals surface area contributed by atoms with Gasteiger partial charge < -0.3 is 41.7 Å². The summed E-state index contributed by atoms with van der Waals surface area (Å²) in [5.74, 6) is -3.28. The Labute approximate surface area is 266 Å². The number of carbonyl (C=O) groups is 4. The number of hydrogen-bond donors (Lipinski definition) is 7. The molecule has 4 amide bonds.